The van der Waals surface area contributed by atoms with Crippen molar-refractivity contribution < 1.29 is 56.3 Å². The Bertz CT molecular complexity index is 1090. The highest BCUT2D eigenvalue weighted by molar-refractivity contribution is 7.66. The van der Waals surface area contributed by atoms with E-state index in [1.807, 2.05) is 0 Å². The second-order valence-electron chi connectivity index (χ2n) is 6.12. The molecular weight excluding hydrogens is 487 g/mol. The molecule has 20 heteroatoms. The van der Waals surface area contributed by atoms with Crippen LogP contribution in [0.15, 0.2) is 12.7 Å². The molecule has 0 aromatic carbocycles. The van der Waals surface area contributed by atoms with Crippen molar-refractivity contribution in [2.45, 2.75) is 24.9 Å². The van der Waals surface area contributed by atoms with Gasteiger partial charge in [-0.2, -0.15) is 8.62 Å². The van der Waals surface area contributed by atoms with Crippen LogP contribution in [0.5, 0.6) is 0 Å². The average Bonchev–Trinajstić information content (AvgIpc) is 3.19. The normalized spacial score (nSPS) is 25.9. The summed E-state index contributed by atoms with van der Waals surface area (Å²) in [6.07, 6.45) is -0.408. The number of phosphoric ester groups is 1. The van der Waals surface area contributed by atoms with Gasteiger partial charge < -0.3 is 34.7 Å². The van der Waals surface area contributed by atoms with E-state index < -0.39 is 48.5 Å². The number of anilines is 1. The van der Waals surface area contributed by atoms with Crippen LogP contribution >= 0.6 is 23.5 Å². The lowest BCUT2D eigenvalue weighted by Crippen LogP contribution is -2.26. The standard InChI is InChI=1S/C11H18N5O12P3/c1-12-10-9-11(14-4-13-10)16(5-15-9)8-2-6(17)7(26-8)3-25-30(21,22)28-31(23,24)27-29(18,19)20/h4-8,17H,2-3H2,1H3,(H,21,22)(H,23,24)(H,12,13,14)(H2,18,19,20). The second-order valence-corrected chi connectivity index (χ2v) is 10.5. The molecule has 6 N–H and O–H groups in total. The first-order chi connectivity index (χ1) is 14.3. The minimum Gasteiger partial charge on any atom is -0.390 e. The van der Waals surface area contributed by atoms with Gasteiger partial charge in [-0.1, -0.05) is 0 Å². The summed E-state index contributed by atoms with van der Waals surface area (Å²) in [4.78, 5) is 48.0. The summed E-state index contributed by atoms with van der Waals surface area (Å²) in [6, 6.07) is 0. The lowest BCUT2D eigenvalue weighted by molar-refractivity contribution is -0.0423. The van der Waals surface area contributed by atoms with E-state index in [0.717, 1.165) is 0 Å². The summed E-state index contributed by atoms with van der Waals surface area (Å²) in [7, 11) is -14.8. The van der Waals surface area contributed by atoms with Crippen molar-refractivity contribution in [3.05, 3.63) is 12.7 Å². The number of rotatable bonds is 9. The summed E-state index contributed by atoms with van der Waals surface area (Å²) in [5.74, 6) is 0.464. The van der Waals surface area contributed by atoms with E-state index in [1.54, 1.807) is 7.05 Å². The zero-order valence-electron chi connectivity index (χ0n) is 15.5. The molecule has 31 heavy (non-hydrogen) atoms. The Labute approximate surface area is 173 Å². The number of imidazole rings is 1. The molecule has 5 atom stereocenters. The van der Waals surface area contributed by atoms with E-state index in [-0.39, 0.29) is 6.42 Å². The van der Waals surface area contributed by atoms with E-state index in [9.17, 15) is 23.7 Å². The third-order valence-corrected chi connectivity index (χ3v) is 7.73. The Morgan fingerprint density at radius 1 is 1.16 bits per heavy atom. The predicted octanol–water partition coefficient (Wildman–Crippen LogP) is -0.140. The van der Waals surface area contributed by atoms with Crippen LogP contribution in [0.4, 0.5) is 5.82 Å². The Hall–Kier alpha value is -1.32. The third kappa shape index (κ3) is 6.14. The quantitative estimate of drug-likeness (QED) is 0.243. The molecule has 0 saturated carbocycles. The molecule has 0 bridgehead atoms. The maximum Gasteiger partial charge on any atom is 0.490 e. The zero-order valence-corrected chi connectivity index (χ0v) is 18.2. The van der Waals surface area contributed by atoms with Crippen molar-refractivity contribution >= 4 is 40.4 Å². The van der Waals surface area contributed by atoms with E-state index in [1.165, 1.54) is 17.2 Å². The van der Waals surface area contributed by atoms with Crippen molar-refractivity contribution in [1.82, 2.24) is 19.5 Å². The van der Waals surface area contributed by atoms with Crippen LogP contribution in [-0.4, -0.2) is 70.1 Å². The van der Waals surface area contributed by atoms with Crippen LogP contribution in [-0.2, 0) is 31.6 Å². The summed E-state index contributed by atoms with van der Waals surface area (Å²) in [6.45, 7) is -0.773. The van der Waals surface area contributed by atoms with Gasteiger partial charge in [0.1, 0.15) is 24.2 Å². The molecule has 1 aliphatic rings. The SMILES string of the molecule is CNc1ncnc2c1ncn2C1CC(O)C(COP(=O)(O)OP(=O)(O)OP(=O)(O)O)O1. The van der Waals surface area contributed by atoms with Gasteiger partial charge in [-0.15, -0.1) is 0 Å². The van der Waals surface area contributed by atoms with Crippen LogP contribution < -0.4 is 5.32 Å². The Morgan fingerprint density at radius 3 is 2.52 bits per heavy atom. The molecule has 0 amide bonds. The summed E-state index contributed by atoms with van der Waals surface area (Å²) < 4.78 is 52.6. The Kier molecular flexibility index (Phi) is 6.99. The van der Waals surface area contributed by atoms with Gasteiger partial charge in [0.05, 0.1) is 19.0 Å². The van der Waals surface area contributed by atoms with Gasteiger partial charge >= 0.3 is 23.5 Å². The molecule has 2 aromatic heterocycles. The van der Waals surface area contributed by atoms with Crippen molar-refractivity contribution in [3.63, 3.8) is 0 Å². The van der Waals surface area contributed by atoms with Gasteiger partial charge in [0.2, 0.25) is 0 Å². The average molecular weight is 505 g/mol. The fraction of sp³-hybridized carbons (Fsp3) is 0.545. The predicted molar refractivity (Wildman–Crippen MR) is 99.2 cm³/mol. The second kappa shape index (κ2) is 8.90. The fourth-order valence-electron chi connectivity index (χ4n) is 2.75. The highest BCUT2D eigenvalue weighted by Gasteiger charge is 2.43. The molecule has 174 valence electrons. The Morgan fingerprint density at radius 2 is 1.87 bits per heavy atom. The minimum atomic E-state index is -5.64. The van der Waals surface area contributed by atoms with Crippen LogP contribution in [0.3, 0.4) is 0 Å². The van der Waals surface area contributed by atoms with Crippen LogP contribution in [0.25, 0.3) is 11.2 Å². The third-order valence-electron chi connectivity index (χ3n) is 3.93. The van der Waals surface area contributed by atoms with Crippen LogP contribution in [0.2, 0.25) is 0 Å². The van der Waals surface area contributed by atoms with Gasteiger partial charge in [-0.05, 0) is 0 Å². The van der Waals surface area contributed by atoms with E-state index >= 15 is 0 Å². The van der Waals surface area contributed by atoms with E-state index in [0.29, 0.717) is 17.0 Å². The van der Waals surface area contributed by atoms with E-state index in [4.69, 9.17) is 19.4 Å². The number of nitrogens with one attached hydrogen (secondary N) is 1. The molecular formula is C11H18N5O12P3. The number of aromatic nitrogens is 4. The number of phosphoric acid groups is 3. The Balaban J connectivity index is 1.65. The molecule has 2 aromatic rings. The number of fused-ring (bicyclic) bond motifs is 1. The van der Waals surface area contributed by atoms with Crippen molar-refractivity contribution in [2.24, 2.45) is 0 Å². The van der Waals surface area contributed by atoms with Crippen LogP contribution in [0.1, 0.15) is 12.6 Å². The molecule has 0 aliphatic carbocycles. The number of nitrogens with zero attached hydrogens (tertiary/aromatic N) is 4. The molecule has 0 spiro atoms. The molecule has 1 fully saturated rings. The summed E-state index contributed by atoms with van der Waals surface area (Å²) >= 11 is 0. The molecule has 5 unspecified atom stereocenters. The topological polar surface area (TPSA) is 245 Å². The molecule has 1 aliphatic heterocycles. The number of aliphatic hydroxyl groups is 1. The molecule has 0 radical (unpaired) electrons. The number of hydrogen-bond acceptors (Lipinski definition) is 12. The first kappa shape index (κ1) is 24.3. The highest BCUT2D eigenvalue weighted by atomic mass is 31.3. The van der Waals surface area contributed by atoms with Crippen LogP contribution in [0, 0.1) is 0 Å². The van der Waals surface area contributed by atoms with Gasteiger partial charge in [-0.25, -0.2) is 28.6 Å². The van der Waals surface area contributed by atoms with Gasteiger partial charge in [0.25, 0.3) is 0 Å². The van der Waals surface area contributed by atoms with Crippen molar-refractivity contribution in [2.75, 3.05) is 19.0 Å². The first-order valence-electron chi connectivity index (χ1n) is 8.27. The number of aliphatic hydroxyl groups excluding tert-OH is 1. The minimum absolute atomic E-state index is 0.0226. The van der Waals surface area contributed by atoms with Crippen molar-refractivity contribution in [1.29, 1.82) is 0 Å². The van der Waals surface area contributed by atoms with E-state index in [2.05, 4.69) is 33.4 Å². The first-order valence-corrected chi connectivity index (χ1v) is 12.8. The van der Waals surface area contributed by atoms with Crippen molar-refractivity contribution in [3.8, 4) is 0 Å². The van der Waals surface area contributed by atoms with Gasteiger partial charge in [0, 0.05) is 13.5 Å². The number of ether oxygens (including phenoxy) is 1. The van der Waals surface area contributed by atoms with Gasteiger partial charge in [0.15, 0.2) is 11.5 Å². The maximum absolute atomic E-state index is 11.8. The lowest BCUT2D eigenvalue weighted by atomic mass is 10.2. The largest absolute Gasteiger partial charge is 0.490 e. The monoisotopic (exact) mass is 505 g/mol. The molecule has 3 heterocycles. The fourth-order valence-corrected chi connectivity index (χ4v) is 5.78. The smallest absolute Gasteiger partial charge is 0.390 e. The molecule has 1 saturated heterocycles. The molecule has 3 rings (SSSR count). The number of hydrogen-bond donors (Lipinski definition) is 6. The maximum atomic E-state index is 11.8. The zero-order chi connectivity index (χ0) is 23.0. The summed E-state index contributed by atoms with van der Waals surface area (Å²) in [5, 5.41) is 13.0. The molecule has 17 nitrogen and oxygen atoms in total. The highest BCUT2D eigenvalue weighted by Crippen LogP contribution is 2.66. The summed E-state index contributed by atoms with van der Waals surface area (Å²) in [5.41, 5.74) is 0.838. The lowest BCUT2D eigenvalue weighted by Gasteiger charge is -2.19. The van der Waals surface area contributed by atoms with Gasteiger partial charge in [-0.3, -0.25) is 9.09 Å².